The minimum absolute atomic E-state index is 0.316. The van der Waals surface area contributed by atoms with Crippen LogP contribution in [0.25, 0.3) is 11.3 Å². The molecular formula is C21H21F2N5O3S. The van der Waals surface area contributed by atoms with Crippen molar-refractivity contribution in [3.63, 3.8) is 0 Å². The molecule has 0 saturated heterocycles. The fourth-order valence-corrected chi connectivity index (χ4v) is 4.29. The second-order valence-corrected chi connectivity index (χ2v) is 9.36. The zero-order valence-corrected chi connectivity index (χ0v) is 17.9. The van der Waals surface area contributed by atoms with Crippen molar-refractivity contribution in [3.05, 3.63) is 66.5 Å². The maximum atomic E-state index is 12.6. The number of sulfonamides is 1. The van der Waals surface area contributed by atoms with E-state index in [0.717, 1.165) is 6.26 Å². The second kappa shape index (κ2) is 8.75. The van der Waals surface area contributed by atoms with Gasteiger partial charge in [-0.3, -0.25) is 9.71 Å². The van der Waals surface area contributed by atoms with E-state index in [1.807, 2.05) is 12.1 Å². The van der Waals surface area contributed by atoms with Gasteiger partial charge < -0.3 is 10.1 Å². The molecule has 32 heavy (non-hydrogen) atoms. The molecule has 2 heterocycles. The van der Waals surface area contributed by atoms with Crippen LogP contribution in [0.2, 0.25) is 0 Å². The topological polar surface area (TPSA) is 106 Å². The normalized spacial score (nSPS) is 20.6. The average molecular weight is 461 g/mol. The first kappa shape index (κ1) is 22.0. The largest absolute Gasteiger partial charge is 0.357 e. The Bertz CT molecular complexity index is 1170. The standard InChI is InChI=1S/C21H21F2N5O3S/c1-32(29,30)28-15-6-4-5-14(11-15)17-8-9-19(27-26-17)25-21(18-7-2-3-10-24-18)12-16(13-21)31-20(22)23/h2-11,16,20,28H,12-13H2,1H3,(H,25,27). The third-order valence-electron chi connectivity index (χ3n) is 5.10. The molecule has 168 valence electrons. The first-order valence-electron chi connectivity index (χ1n) is 9.78. The van der Waals surface area contributed by atoms with Gasteiger partial charge in [-0.25, -0.2) is 8.42 Å². The van der Waals surface area contributed by atoms with Crippen LogP contribution in [0.3, 0.4) is 0 Å². The molecule has 1 aliphatic carbocycles. The Morgan fingerprint density at radius 3 is 2.53 bits per heavy atom. The summed E-state index contributed by atoms with van der Waals surface area (Å²) in [6.45, 7) is -2.83. The molecule has 0 unspecified atom stereocenters. The lowest BCUT2D eigenvalue weighted by atomic mass is 9.71. The lowest BCUT2D eigenvalue weighted by molar-refractivity contribution is -0.193. The van der Waals surface area contributed by atoms with Crippen LogP contribution in [0.4, 0.5) is 20.3 Å². The lowest BCUT2D eigenvalue weighted by Gasteiger charge is -2.47. The molecule has 0 spiro atoms. The third kappa shape index (κ3) is 5.17. The Kier molecular flexibility index (Phi) is 6.02. The number of aromatic nitrogens is 3. The zero-order chi connectivity index (χ0) is 22.8. The Hall–Kier alpha value is -3.18. The SMILES string of the molecule is CS(=O)(=O)Nc1cccc(-c2ccc(NC3(c4ccccn4)CC(OC(F)F)C3)nn2)c1. The highest BCUT2D eigenvalue weighted by atomic mass is 32.2. The van der Waals surface area contributed by atoms with Crippen molar-refractivity contribution in [3.8, 4) is 11.3 Å². The molecule has 0 aliphatic heterocycles. The predicted octanol–water partition coefficient (Wildman–Crippen LogP) is 3.62. The molecule has 0 amide bonds. The molecular weight excluding hydrogens is 440 g/mol. The van der Waals surface area contributed by atoms with Crippen LogP contribution in [0, 0.1) is 0 Å². The van der Waals surface area contributed by atoms with Crippen LogP contribution in [-0.4, -0.2) is 42.6 Å². The number of ether oxygens (including phenoxy) is 1. The number of anilines is 2. The summed E-state index contributed by atoms with van der Waals surface area (Å²) in [7, 11) is -3.40. The molecule has 1 aliphatic rings. The van der Waals surface area contributed by atoms with Crippen LogP contribution in [0.15, 0.2) is 60.8 Å². The van der Waals surface area contributed by atoms with E-state index >= 15 is 0 Å². The number of alkyl halides is 2. The molecule has 3 aromatic rings. The first-order valence-corrected chi connectivity index (χ1v) is 11.7. The molecule has 0 atom stereocenters. The fraction of sp³-hybridized carbons (Fsp3) is 0.286. The first-order chi connectivity index (χ1) is 15.2. The van der Waals surface area contributed by atoms with Crippen LogP contribution in [0.1, 0.15) is 18.5 Å². The van der Waals surface area contributed by atoms with Gasteiger partial charge in [0, 0.05) is 30.3 Å². The maximum absolute atomic E-state index is 12.6. The summed E-state index contributed by atoms with van der Waals surface area (Å²) in [6.07, 6.45) is 2.77. The van der Waals surface area contributed by atoms with E-state index in [1.165, 1.54) is 0 Å². The summed E-state index contributed by atoms with van der Waals surface area (Å²) < 4.78 is 55.2. The smallest absolute Gasteiger partial charge is 0.345 e. The lowest BCUT2D eigenvalue weighted by Crippen LogP contribution is -2.52. The van der Waals surface area contributed by atoms with Crippen molar-refractivity contribution in [2.24, 2.45) is 0 Å². The predicted molar refractivity (Wildman–Crippen MR) is 116 cm³/mol. The second-order valence-electron chi connectivity index (χ2n) is 7.61. The highest BCUT2D eigenvalue weighted by Crippen LogP contribution is 2.45. The number of pyridine rings is 1. The fourth-order valence-electron chi connectivity index (χ4n) is 3.73. The summed E-state index contributed by atoms with van der Waals surface area (Å²) >= 11 is 0. The van der Waals surface area contributed by atoms with Crippen LogP contribution >= 0.6 is 0 Å². The quantitative estimate of drug-likeness (QED) is 0.528. The van der Waals surface area contributed by atoms with Crippen molar-refractivity contribution in [1.29, 1.82) is 0 Å². The third-order valence-corrected chi connectivity index (χ3v) is 5.70. The van der Waals surface area contributed by atoms with E-state index in [2.05, 4.69) is 30.0 Å². The van der Waals surface area contributed by atoms with Gasteiger partial charge in [0.2, 0.25) is 10.0 Å². The number of hydrogen-bond donors (Lipinski definition) is 2. The van der Waals surface area contributed by atoms with Gasteiger partial charge in [-0.05, 0) is 36.4 Å². The van der Waals surface area contributed by atoms with E-state index in [-0.39, 0.29) is 0 Å². The molecule has 1 saturated carbocycles. The average Bonchev–Trinajstić information content (AvgIpc) is 2.72. The van der Waals surface area contributed by atoms with Gasteiger partial charge in [-0.15, -0.1) is 10.2 Å². The number of nitrogens with zero attached hydrogens (tertiary/aromatic N) is 3. The molecule has 1 aromatic carbocycles. The molecule has 11 heteroatoms. The maximum Gasteiger partial charge on any atom is 0.345 e. The number of halogens is 2. The van der Waals surface area contributed by atoms with Crippen molar-refractivity contribution in [1.82, 2.24) is 15.2 Å². The van der Waals surface area contributed by atoms with Crippen molar-refractivity contribution in [2.75, 3.05) is 16.3 Å². The molecule has 1 fully saturated rings. The number of benzene rings is 1. The molecule has 0 radical (unpaired) electrons. The van der Waals surface area contributed by atoms with Crippen molar-refractivity contribution < 1.29 is 21.9 Å². The number of rotatable bonds is 8. The molecule has 0 bridgehead atoms. The van der Waals surface area contributed by atoms with E-state index in [4.69, 9.17) is 0 Å². The van der Waals surface area contributed by atoms with Crippen LogP contribution in [-0.2, 0) is 20.3 Å². The molecule has 2 N–H and O–H groups in total. The van der Waals surface area contributed by atoms with Gasteiger partial charge in [0.05, 0.1) is 29.3 Å². The molecule has 8 nitrogen and oxygen atoms in total. The number of hydrogen-bond acceptors (Lipinski definition) is 7. The van der Waals surface area contributed by atoms with Crippen LogP contribution < -0.4 is 10.0 Å². The van der Waals surface area contributed by atoms with E-state index in [9.17, 15) is 17.2 Å². The summed E-state index contributed by atoms with van der Waals surface area (Å²) in [6, 6.07) is 15.7. The van der Waals surface area contributed by atoms with Crippen molar-refractivity contribution in [2.45, 2.75) is 31.1 Å². The van der Waals surface area contributed by atoms with Crippen molar-refractivity contribution >= 4 is 21.5 Å². The van der Waals surface area contributed by atoms with Gasteiger partial charge in [0.25, 0.3) is 0 Å². The minimum Gasteiger partial charge on any atom is -0.357 e. The number of nitrogens with one attached hydrogen (secondary N) is 2. The Labute approximate surface area is 184 Å². The summed E-state index contributed by atoms with van der Waals surface area (Å²) in [5.41, 5.74) is 1.68. The van der Waals surface area contributed by atoms with Gasteiger partial charge >= 0.3 is 6.61 Å². The van der Waals surface area contributed by atoms with E-state index in [0.29, 0.717) is 41.3 Å². The van der Waals surface area contributed by atoms with Crippen LogP contribution in [0.5, 0.6) is 0 Å². The zero-order valence-electron chi connectivity index (χ0n) is 17.1. The highest BCUT2D eigenvalue weighted by Gasteiger charge is 2.48. The van der Waals surface area contributed by atoms with Gasteiger partial charge in [0.15, 0.2) is 0 Å². The Morgan fingerprint density at radius 1 is 1.09 bits per heavy atom. The van der Waals surface area contributed by atoms with Gasteiger partial charge in [-0.1, -0.05) is 18.2 Å². The van der Waals surface area contributed by atoms with E-state index < -0.39 is 28.3 Å². The molecule has 2 aromatic heterocycles. The van der Waals surface area contributed by atoms with Gasteiger partial charge in [-0.2, -0.15) is 8.78 Å². The van der Waals surface area contributed by atoms with E-state index in [1.54, 1.807) is 48.7 Å². The Morgan fingerprint density at radius 2 is 1.91 bits per heavy atom. The van der Waals surface area contributed by atoms with Gasteiger partial charge in [0.1, 0.15) is 5.82 Å². The minimum atomic E-state index is -3.40. The summed E-state index contributed by atoms with van der Waals surface area (Å²) in [4.78, 5) is 4.38. The summed E-state index contributed by atoms with van der Waals surface area (Å²) in [5.74, 6) is 0.459. The summed E-state index contributed by atoms with van der Waals surface area (Å²) in [5, 5.41) is 11.7. The highest BCUT2D eigenvalue weighted by molar-refractivity contribution is 7.92. The monoisotopic (exact) mass is 461 g/mol. The Balaban J connectivity index is 1.53. The molecule has 4 rings (SSSR count).